The van der Waals surface area contributed by atoms with Crippen LogP contribution in [0.4, 0.5) is 0 Å². The predicted octanol–water partition coefficient (Wildman–Crippen LogP) is 1.80. The maximum absolute atomic E-state index is 11.9. The Morgan fingerprint density at radius 2 is 2.14 bits per heavy atom. The van der Waals surface area contributed by atoms with Gasteiger partial charge in [0.1, 0.15) is 5.75 Å². The average Bonchev–Trinajstić information content (AvgIpc) is 2.75. The van der Waals surface area contributed by atoms with Crippen LogP contribution in [0.15, 0.2) is 18.2 Å². The van der Waals surface area contributed by atoms with Crippen LogP contribution in [0.1, 0.15) is 37.3 Å². The van der Waals surface area contributed by atoms with E-state index in [1.165, 1.54) is 0 Å². The van der Waals surface area contributed by atoms with Crippen molar-refractivity contribution in [3.63, 3.8) is 0 Å². The molecular weight excluding hydrogens is 302 g/mol. The highest BCUT2D eigenvalue weighted by atomic mass is 32.2. The molecule has 1 atom stereocenters. The molecule has 0 spiro atoms. The lowest BCUT2D eigenvalue weighted by molar-refractivity contribution is -0.123. The summed E-state index contributed by atoms with van der Waals surface area (Å²) in [7, 11) is -2.99. The van der Waals surface area contributed by atoms with Gasteiger partial charge in [-0.15, -0.1) is 0 Å². The van der Waals surface area contributed by atoms with Gasteiger partial charge in [-0.2, -0.15) is 0 Å². The van der Waals surface area contributed by atoms with E-state index in [0.29, 0.717) is 18.1 Å². The fourth-order valence-corrected chi connectivity index (χ4v) is 4.24. The van der Waals surface area contributed by atoms with Crippen LogP contribution in [-0.2, 0) is 14.6 Å². The zero-order valence-corrected chi connectivity index (χ0v) is 14.1. The number of sulfone groups is 1. The molecule has 1 amide bonds. The maximum atomic E-state index is 11.9. The lowest BCUT2D eigenvalue weighted by Gasteiger charge is -2.16. The Kier molecular flexibility index (Phi) is 5.11. The van der Waals surface area contributed by atoms with Gasteiger partial charge >= 0.3 is 0 Å². The first-order chi connectivity index (χ1) is 10.3. The van der Waals surface area contributed by atoms with Gasteiger partial charge in [-0.1, -0.05) is 26.0 Å². The fourth-order valence-electron chi connectivity index (χ4n) is 2.57. The number of nitrogens with one attached hydrogen (secondary N) is 1. The monoisotopic (exact) mass is 325 g/mol. The van der Waals surface area contributed by atoms with Gasteiger partial charge < -0.3 is 10.1 Å². The SMILES string of the molecule is Cc1ccc(C(C)C)c(OCC(=O)N[C@@H]2CCS(=O)(=O)C2)c1. The van der Waals surface area contributed by atoms with E-state index in [-0.39, 0.29) is 30.1 Å². The first-order valence-corrected chi connectivity index (χ1v) is 9.32. The molecule has 1 aliphatic rings. The van der Waals surface area contributed by atoms with Crippen LogP contribution in [0.5, 0.6) is 5.75 Å². The third kappa shape index (κ3) is 4.47. The number of carbonyl (C=O) groups is 1. The van der Waals surface area contributed by atoms with Crippen LogP contribution < -0.4 is 10.1 Å². The van der Waals surface area contributed by atoms with Crippen molar-refractivity contribution in [3.8, 4) is 5.75 Å². The molecule has 122 valence electrons. The molecule has 1 saturated heterocycles. The Hall–Kier alpha value is -1.56. The second-order valence-electron chi connectivity index (χ2n) is 6.15. The van der Waals surface area contributed by atoms with Crippen LogP contribution in [0.3, 0.4) is 0 Å². The summed E-state index contributed by atoms with van der Waals surface area (Å²) in [5.41, 5.74) is 2.13. The van der Waals surface area contributed by atoms with Gasteiger partial charge in [0, 0.05) is 6.04 Å². The quantitative estimate of drug-likeness (QED) is 0.896. The molecule has 0 saturated carbocycles. The third-order valence-electron chi connectivity index (χ3n) is 3.75. The van der Waals surface area contributed by atoms with Gasteiger partial charge in [0.25, 0.3) is 5.91 Å². The van der Waals surface area contributed by atoms with Crippen LogP contribution >= 0.6 is 0 Å². The van der Waals surface area contributed by atoms with Crippen molar-refractivity contribution in [3.05, 3.63) is 29.3 Å². The minimum Gasteiger partial charge on any atom is -0.483 e. The van der Waals surface area contributed by atoms with Gasteiger partial charge in [0.05, 0.1) is 11.5 Å². The van der Waals surface area contributed by atoms with Gasteiger partial charge in [0.15, 0.2) is 16.4 Å². The Morgan fingerprint density at radius 3 is 2.73 bits per heavy atom. The Morgan fingerprint density at radius 1 is 1.41 bits per heavy atom. The van der Waals surface area contributed by atoms with Crippen molar-refractivity contribution >= 4 is 15.7 Å². The van der Waals surface area contributed by atoms with E-state index in [2.05, 4.69) is 19.2 Å². The largest absolute Gasteiger partial charge is 0.483 e. The van der Waals surface area contributed by atoms with Gasteiger partial charge in [0.2, 0.25) is 0 Å². The summed E-state index contributed by atoms with van der Waals surface area (Å²) in [5.74, 6) is 0.912. The fraction of sp³-hybridized carbons (Fsp3) is 0.562. The summed E-state index contributed by atoms with van der Waals surface area (Å²) in [4.78, 5) is 11.9. The van der Waals surface area contributed by atoms with Gasteiger partial charge in [-0.3, -0.25) is 4.79 Å². The maximum Gasteiger partial charge on any atom is 0.258 e. The molecule has 6 heteroatoms. The van der Waals surface area contributed by atoms with Crippen molar-refractivity contribution in [2.75, 3.05) is 18.1 Å². The van der Waals surface area contributed by atoms with E-state index >= 15 is 0 Å². The molecular formula is C16H23NO4S. The highest BCUT2D eigenvalue weighted by Gasteiger charge is 2.28. The first-order valence-electron chi connectivity index (χ1n) is 7.50. The summed E-state index contributed by atoms with van der Waals surface area (Å²) in [6.07, 6.45) is 0.482. The molecule has 0 aliphatic carbocycles. The summed E-state index contributed by atoms with van der Waals surface area (Å²) in [6.45, 7) is 6.02. The predicted molar refractivity (Wildman–Crippen MR) is 86.0 cm³/mol. The number of aryl methyl sites for hydroxylation is 1. The summed E-state index contributed by atoms with van der Waals surface area (Å²) < 4.78 is 28.4. The third-order valence-corrected chi connectivity index (χ3v) is 5.52. The number of ether oxygens (including phenoxy) is 1. The van der Waals surface area contributed by atoms with Gasteiger partial charge in [-0.05, 0) is 36.5 Å². The van der Waals surface area contributed by atoms with Crippen LogP contribution in [0.2, 0.25) is 0 Å². The number of carbonyl (C=O) groups excluding carboxylic acids is 1. The zero-order valence-electron chi connectivity index (χ0n) is 13.3. The molecule has 1 aliphatic heterocycles. The first kappa shape index (κ1) is 16.8. The number of amides is 1. The van der Waals surface area contributed by atoms with Crippen molar-refractivity contribution in [1.82, 2.24) is 5.32 Å². The highest BCUT2D eigenvalue weighted by molar-refractivity contribution is 7.91. The average molecular weight is 325 g/mol. The minimum atomic E-state index is -2.99. The molecule has 5 nitrogen and oxygen atoms in total. The van der Waals surface area contributed by atoms with Crippen molar-refractivity contribution in [2.45, 2.75) is 39.2 Å². The zero-order chi connectivity index (χ0) is 16.3. The lowest BCUT2D eigenvalue weighted by Crippen LogP contribution is -2.38. The van der Waals surface area contributed by atoms with E-state index in [1.807, 2.05) is 25.1 Å². The number of hydrogen-bond acceptors (Lipinski definition) is 4. The highest BCUT2D eigenvalue weighted by Crippen LogP contribution is 2.27. The Bertz CT molecular complexity index is 652. The summed E-state index contributed by atoms with van der Waals surface area (Å²) in [5, 5.41) is 2.72. The van der Waals surface area contributed by atoms with E-state index in [1.54, 1.807) is 0 Å². The summed E-state index contributed by atoms with van der Waals surface area (Å²) in [6, 6.07) is 5.66. The number of rotatable bonds is 5. The Labute approximate surface area is 132 Å². The molecule has 0 unspecified atom stereocenters. The molecule has 0 aromatic heterocycles. The number of benzene rings is 1. The lowest BCUT2D eigenvalue weighted by atomic mass is 10.0. The standard InChI is InChI=1S/C16H23NO4S/c1-11(2)14-5-4-12(3)8-15(14)21-9-16(18)17-13-6-7-22(19,20)10-13/h4-5,8,11,13H,6-7,9-10H2,1-3H3,(H,17,18)/t13-/m1/s1. The molecule has 2 rings (SSSR count). The van der Waals surface area contributed by atoms with Gasteiger partial charge in [-0.25, -0.2) is 8.42 Å². The topological polar surface area (TPSA) is 72.5 Å². The van der Waals surface area contributed by atoms with Crippen LogP contribution in [0.25, 0.3) is 0 Å². The number of hydrogen-bond donors (Lipinski definition) is 1. The van der Waals surface area contributed by atoms with Crippen molar-refractivity contribution in [2.24, 2.45) is 0 Å². The van der Waals surface area contributed by atoms with E-state index in [0.717, 1.165) is 11.1 Å². The smallest absolute Gasteiger partial charge is 0.258 e. The van der Waals surface area contributed by atoms with Crippen LogP contribution in [0, 0.1) is 6.92 Å². The molecule has 1 N–H and O–H groups in total. The molecule has 0 radical (unpaired) electrons. The van der Waals surface area contributed by atoms with Crippen molar-refractivity contribution < 1.29 is 17.9 Å². The molecule has 22 heavy (non-hydrogen) atoms. The second kappa shape index (κ2) is 6.69. The van der Waals surface area contributed by atoms with Crippen molar-refractivity contribution in [1.29, 1.82) is 0 Å². The molecule has 1 aromatic carbocycles. The van der Waals surface area contributed by atoms with E-state index < -0.39 is 9.84 Å². The molecule has 1 fully saturated rings. The minimum absolute atomic E-state index is 0.0282. The molecule has 1 aromatic rings. The summed E-state index contributed by atoms with van der Waals surface area (Å²) >= 11 is 0. The molecule has 0 bridgehead atoms. The van der Waals surface area contributed by atoms with E-state index in [9.17, 15) is 13.2 Å². The Balaban J connectivity index is 1.93. The normalized spacial score (nSPS) is 20.1. The van der Waals surface area contributed by atoms with E-state index in [4.69, 9.17) is 4.74 Å². The van der Waals surface area contributed by atoms with Crippen LogP contribution in [-0.4, -0.2) is 38.5 Å². The second-order valence-corrected chi connectivity index (χ2v) is 8.38. The molecule has 1 heterocycles.